The zero-order valence-electron chi connectivity index (χ0n) is 9.73. The summed E-state index contributed by atoms with van der Waals surface area (Å²) in [6.45, 7) is 0.500. The van der Waals surface area contributed by atoms with Crippen molar-refractivity contribution in [3.63, 3.8) is 0 Å². The van der Waals surface area contributed by atoms with Crippen LogP contribution in [0.5, 0.6) is 5.88 Å². The Kier molecular flexibility index (Phi) is 5.48. The first kappa shape index (κ1) is 13.9. The van der Waals surface area contributed by atoms with Crippen molar-refractivity contribution in [1.82, 2.24) is 4.98 Å². The number of alkyl halides is 1. The van der Waals surface area contributed by atoms with Crippen LogP contribution in [-0.2, 0) is 4.74 Å². The average molecular weight is 375 g/mol. The van der Waals surface area contributed by atoms with Gasteiger partial charge in [0.15, 0.2) is 0 Å². The number of ether oxygens (including phenoxy) is 2. The molecule has 1 aromatic rings. The Morgan fingerprint density at radius 3 is 2.78 bits per heavy atom. The quantitative estimate of drug-likeness (QED) is 0.599. The van der Waals surface area contributed by atoms with E-state index in [0.717, 1.165) is 17.3 Å². The van der Waals surface area contributed by atoms with E-state index in [0.29, 0.717) is 17.8 Å². The number of hydrogen-bond donors (Lipinski definition) is 0. The number of pyridine rings is 1. The van der Waals surface area contributed by atoms with E-state index in [-0.39, 0.29) is 12.2 Å². The summed E-state index contributed by atoms with van der Waals surface area (Å²) in [6.07, 6.45) is 4.04. The van der Waals surface area contributed by atoms with Crippen molar-refractivity contribution in [2.45, 2.75) is 25.0 Å². The van der Waals surface area contributed by atoms with Crippen molar-refractivity contribution in [2.24, 2.45) is 0 Å². The highest BCUT2D eigenvalue weighted by molar-refractivity contribution is 9.10. The van der Waals surface area contributed by atoms with Crippen molar-refractivity contribution in [3.05, 3.63) is 22.8 Å². The van der Waals surface area contributed by atoms with Crippen LogP contribution in [0.1, 0.15) is 12.8 Å². The monoisotopic (exact) mass is 373 g/mol. The highest BCUT2D eigenvalue weighted by Crippen LogP contribution is 2.27. The normalized spacial score (nSPS) is 21.7. The predicted molar refractivity (Wildman–Crippen MR) is 76.9 cm³/mol. The molecule has 0 aromatic carbocycles. The Labute approximate surface area is 124 Å². The van der Waals surface area contributed by atoms with Gasteiger partial charge in [0.2, 0.25) is 5.88 Å². The first-order valence-electron chi connectivity index (χ1n) is 5.69. The van der Waals surface area contributed by atoms with Gasteiger partial charge in [0.1, 0.15) is 12.7 Å². The van der Waals surface area contributed by atoms with Crippen LogP contribution < -0.4 is 4.74 Å². The summed E-state index contributed by atoms with van der Waals surface area (Å²) >= 11 is 6.58. The molecule has 0 N–H and O–H groups in total. The molecule has 3 nitrogen and oxygen atoms in total. The lowest BCUT2D eigenvalue weighted by Gasteiger charge is -2.34. The van der Waals surface area contributed by atoms with Gasteiger partial charge in [0.25, 0.3) is 0 Å². The second kappa shape index (κ2) is 7.13. The summed E-state index contributed by atoms with van der Waals surface area (Å²) in [5.41, 5.74) is 0. The molecule has 1 aromatic heterocycles. The Hall–Kier alpha value is -0.570. The Morgan fingerprint density at radius 1 is 1.28 bits per heavy atom. The topological polar surface area (TPSA) is 31.4 Å². The lowest BCUT2D eigenvalue weighted by atomic mass is 9.92. The average Bonchev–Trinajstić information content (AvgIpc) is 2.33. The zero-order valence-corrected chi connectivity index (χ0v) is 12.9. The highest BCUT2D eigenvalue weighted by atomic mass is 79.9. The maximum Gasteiger partial charge on any atom is 0.213 e. The molecular formula is C13H13Br2NO2. The van der Waals surface area contributed by atoms with Crippen LogP contribution in [0.15, 0.2) is 22.8 Å². The van der Waals surface area contributed by atoms with Crippen LogP contribution in [0.3, 0.4) is 0 Å². The van der Waals surface area contributed by atoms with Gasteiger partial charge in [0.05, 0.1) is 11.4 Å². The highest BCUT2D eigenvalue weighted by Gasteiger charge is 2.31. The fraction of sp³-hybridized carbons (Fsp3) is 0.462. The summed E-state index contributed by atoms with van der Waals surface area (Å²) in [5.74, 6) is 6.50. The van der Waals surface area contributed by atoms with E-state index >= 15 is 0 Å². The molecule has 0 radical (unpaired) electrons. The van der Waals surface area contributed by atoms with Crippen molar-refractivity contribution in [2.75, 3.05) is 11.9 Å². The lowest BCUT2D eigenvalue weighted by Crippen LogP contribution is -2.39. The van der Waals surface area contributed by atoms with E-state index in [1.54, 1.807) is 6.20 Å². The molecule has 0 atom stereocenters. The SMILES string of the molecule is BrCC#CCOC1CC(Oc2ccc(Br)cn2)C1. The molecule has 1 heterocycles. The summed E-state index contributed by atoms with van der Waals surface area (Å²) in [4.78, 5) is 4.17. The second-order valence-corrected chi connectivity index (χ2v) is 5.42. The zero-order chi connectivity index (χ0) is 12.8. The number of rotatable bonds is 4. The van der Waals surface area contributed by atoms with Crippen molar-refractivity contribution >= 4 is 31.9 Å². The third-order valence-corrected chi connectivity index (χ3v) is 3.37. The molecule has 0 spiro atoms. The molecule has 5 heteroatoms. The number of hydrogen-bond acceptors (Lipinski definition) is 3. The summed E-state index contributed by atoms with van der Waals surface area (Å²) < 4.78 is 12.2. The summed E-state index contributed by atoms with van der Waals surface area (Å²) in [6, 6.07) is 3.78. The fourth-order valence-electron chi connectivity index (χ4n) is 1.61. The van der Waals surface area contributed by atoms with E-state index in [1.807, 2.05) is 12.1 Å². The smallest absolute Gasteiger partial charge is 0.213 e. The van der Waals surface area contributed by atoms with Gasteiger partial charge in [-0.05, 0) is 22.0 Å². The van der Waals surface area contributed by atoms with Crippen LogP contribution in [0.25, 0.3) is 0 Å². The van der Waals surface area contributed by atoms with E-state index in [9.17, 15) is 0 Å². The van der Waals surface area contributed by atoms with E-state index in [4.69, 9.17) is 9.47 Å². The van der Waals surface area contributed by atoms with Gasteiger partial charge >= 0.3 is 0 Å². The summed E-state index contributed by atoms with van der Waals surface area (Å²) in [5, 5.41) is 0.696. The van der Waals surface area contributed by atoms with Gasteiger partial charge in [-0.15, -0.1) is 0 Å². The lowest BCUT2D eigenvalue weighted by molar-refractivity contribution is -0.0508. The standard InChI is InChI=1S/C13H13Br2NO2/c14-5-1-2-6-17-11-7-12(8-11)18-13-4-3-10(15)9-16-13/h3-4,9,11-12H,5-8H2. The molecule has 0 saturated heterocycles. The third kappa shape index (κ3) is 4.27. The van der Waals surface area contributed by atoms with Gasteiger partial charge in [-0.25, -0.2) is 4.98 Å². The van der Waals surface area contributed by atoms with Crippen molar-refractivity contribution in [1.29, 1.82) is 0 Å². The molecule has 0 amide bonds. The van der Waals surface area contributed by atoms with E-state index in [1.165, 1.54) is 0 Å². The molecule has 1 aliphatic carbocycles. The minimum absolute atomic E-state index is 0.216. The molecule has 1 aliphatic rings. The van der Waals surface area contributed by atoms with Crippen LogP contribution in [0, 0.1) is 11.8 Å². The minimum Gasteiger partial charge on any atom is -0.474 e. The first-order chi connectivity index (χ1) is 8.78. The Balaban J connectivity index is 1.65. The van der Waals surface area contributed by atoms with Gasteiger partial charge in [-0.1, -0.05) is 27.8 Å². The maximum absolute atomic E-state index is 5.71. The molecule has 0 bridgehead atoms. The summed E-state index contributed by atoms with van der Waals surface area (Å²) in [7, 11) is 0. The van der Waals surface area contributed by atoms with Crippen LogP contribution in [0.4, 0.5) is 0 Å². The van der Waals surface area contributed by atoms with Gasteiger partial charge in [-0.3, -0.25) is 0 Å². The number of nitrogens with zero attached hydrogens (tertiary/aromatic N) is 1. The molecule has 0 unspecified atom stereocenters. The van der Waals surface area contributed by atoms with Crippen LogP contribution >= 0.6 is 31.9 Å². The Morgan fingerprint density at radius 2 is 2.11 bits per heavy atom. The molecular weight excluding hydrogens is 362 g/mol. The second-order valence-electron chi connectivity index (χ2n) is 3.95. The number of aromatic nitrogens is 1. The van der Waals surface area contributed by atoms with Crippen LogP contribution in [-0.4, -0.2) is 29.1 Å². The fourth-order valence-corrected chi connectivity index (χ4v) is 2.04. The first-order valence-corrected chi connectivity index (χ1v) is 7.61. The molecule has 1 fully saturated rings. The number of halogens is 2. The van der Waals surface area contributed by atoms with Gasteiger partial charge in [-0.2, -0.15) is 0 Å². The molecule has 18 heavy (non-hydrogen) atoms. The minimum atomic E-state index is 0.216. The third-order valence-electron chi connectivity index (χ3n) is 2.62. The van der Waals surface area contributed by atoms with Crippen molar-refractivity contribution in [3.8, 4) is 17.7 Å². The largest absolute Gasteiger partial charge is 0.474 e. The van der Waals surface area contributed by atoms with E-state index in [2.05, 4.69) is 48.7 Å². The Bertz CT molecular complexity index is 433. The molecule has 1 saturated carbocycles. The van der Waals surface area contributed by atoms with Gasteiger partial charge < -0.3 is 9.47 Å². The maximum atomic E-state index is 5.71. The molecule has 0 aliphatic heterocycles. The predicted octanol–water partition coefficient (Wildman–Crippen LogP) is 3.17. The molecule has 96 valence electrons. The van der Waals surface area contributed by atoms with Gasteiger partial charge in [0, 0.05) is 29.6 Å². The van der Waals surface area contributed by atoms with E-state index < -0.39 is 0 Å². The van der Waals surface area contributed by atoms with Crippen molar-refractivity contribution < 1.29 is 9.47 Å². The van der Waals surface area contributed by atoms with Crippen LogP contribution in [0.2, 0.25) is 0 Å². The molecule has 2 rings (SSSR count).